The fourth-order valence-corrected chi connectivity index (χ4v) is 2.05. The van der Waals surface area contributed by atoms with E-state index in [0.717, 1.165) is 5.56 Å². The molecule has 3 heteroatoms. The van der Waals surface area contributed by atoms with E-state index >= 15 is 0 Å². The molecule has 1 atom stereocenters. The van der Waals surface area contributed by atoms with E-state index in [2.05, 4.69) is 6.58 Å². The lowest BCUT2D eigenvalue weighted by molar-refractivity contribution is 0.0377. The second kappa shape index (κ2) is 8.59. The smallest absolute Gasteiger partial charge is 0.339 e. The first-order chi connectivity index (χ1) is 11.2. The molecule has 0 aliphatic heterocycles. The summed E-state index contributed by atoms with van der Waals surface area (Å²) in [5.41, 5.74) is 2.02. The zero-order valence-corrected chi connectivity index (χ0v) is 13.1. The Kier molecular flexibility index (Phi) is 6.18. The van der Waals surface area contributed by atoms with E-state index in [1.165, 1.54) is 0 Å². The molecule has 0 bridgehead atoms. The summed E-state index contributed by atoms with van der Waals surface area (Å²) in [6.07, 6.45) is 2.73. The molecule has 2 aromatic rings. The zero-order valence-electron chi connectivity index (χ0n) is 13.1. The van der Waals surface area contributed by atoms with Crippen LogP contribution in [0.15, 0.2) is 85.2 Å². The molecule has 0 spiro atoms. The monoisotopic (exact) mass is 308 g/mol. The van der Waals surface area contributed by atoms with Gasteiger partial charge in [-0.2, -0.15) is 0 Å². The van der Waals surface area contributed by atoms with Gasteiger partial charge in [0.25, 0.3) is 0 Å². The highest BCUT2D eigenvalue weighted by atomic mass is 16.5. The highest BCUT2D eigenvalue weighted by Gasteiger charge is 2.19. The Morgan fingerprint density at radius 3 is 2.30 bits per heavy atom. The minimum Gasteiger partial charge on any atom is -0.501 e. The summed E-state index contributed by atoms with van der Waals surface area (Å²) in [6.45, 7) is 6.48. The Morgan fingerprint density at radius 2 is 1.70 bits per heavy atom. The molecule has 0 heterocycles. The predicted octanol–water partition coefficient (Wildman–Crippen LogP) is 4.69. The van der Waals surface area contributed by atoms with Crippen molar-refractivity contribution in [2.45, 2.75) is 13.0 Å². The van der Waals surface area contributed by atoms with Gasteiger partial charge >= 0.3 is 5.97 Å². The van der Waals surface area contributed by atoms with Crippen molar-refractivity contribution in [3.8, 4) is 0 Å². The third-order valence-corrected chi connectivity index (χ3v) is 3.22. The van der Waals surface area contributed by atoms with Crippen molar-refractivity contribution in [1.82, 2.24) is 0 Å². The highest BCUT2D eigenvalue weighted by molar-refractivity contribution is 5.89. The van der Waals surface area contributed by atoms with Gasteiger partial charge in [-0.15, -0.1) is 0 Å². The molecular formula is C20H20O3. The molecule has 118 valence electrons. The fourth-order valence-electron chi connectivity index (χ4n) is 2.05. The summed E-state index contributed by atoms with van der Waals surface area (Å²) in [5, 5.41) is 0. The van der Waals surface area contributed by atoms with Gasteiger partial charge in [0, 0.05) is 0 Å². The summed E-state index contributed by atoms with van der Waals surface area (Å²) in [5.74, 6) is -0.384. The van der Waals surface area contributed by atoms with Crippen molar-refractivity contribution >= 4 is 5.97 Å². The lowest BCUT2D eigenvalue weighted by Crippen LogP contribution is -2.13. The summed E-state index contributed by atoms with van der Waals surface area (Å²) < 4.78 is 10.9. The molecule has 0 saturated heterocycles. The number of carbonyl (C=O) groups is 1. The van der Waals surface area contributed by atoms with E-state index in [1.807, 2.05) is 43.3 Å². The van der Waals surface area contributed by atoms with Crippen LogP contribution in [-0.4, -0.2) is 12.6 Å². The van der Waals surface area contributed by atoms with Gasteiger partial charge < -0.3 is 9.47 Å². The second-order valence-corrected chi connectivity index (χ2v) is 4.90. The Hall–Kier alpha value is -2.81. The topological polar surface area (TPSA) is 35.5 Å². The second-order valence-electron chi connectivity index (χ2n) is 4.90. The number of esters is 1. The maximum atomic E-state index is 12.3. The van der Waals surface area contributed by atoms with Crippen molar-refractivity contribution in [1.29, 1.82) is 0 Å². The van der Waals surface area contributed by atoms with Crippen LogP contribution in [0.2, 0.25) is 0 Å². The van der Waals surface area contributed by atoms with Crippen LogP contribution in [0.25, 0.3) is 0 Å². The lowest BCUT2D eigenvalue weighted by atomic mass is 10.0. The number of carbonyl (C=O) groups excluding carboxylic acids is 1. The summed E-state index contributed by atoms with van der Waals surface area (Å²) in [7, 11) is 0. The van der Waals surface area contributed by atoms with Gasteiger partial charge in [0.2, 0.25) is 0 Å². The van der Waals surface area contributed by atoms with Crippen LogP contribution in [0.5, 0.6) is 0 Å². The first-order valence-corrected chi connectivity index (χ1v) is 7.50. The van der Waals surface area contributed by atoms with Gasteiger partial charge in [-0.1, -0.05) is 55.1 Å². The largest absolute Gasteiger partial charge is 0.501 e. The van der Waals surface area contributed by atoms with Gasteiger partial charge in [-0.3, -0.25) is 0 Å². The van der Waals surface area contributed by atoms with E-state index in [4.69, 9.17) is 9.47 Å². The number of benzene rings is 2. The van der Waals surface area contributed by atoms with Crippen LogP contribution in [-0.2, 0) is 9.47 Å². The van der Waals surface area contributed by atoms with Crippen LogP contribution in [0.3, 0.4) is 0 Å². The SMILES string of the molecule is C=C(/C=C/OCC)[C@@H](OC(=O)c1ccccc1)c1ccccc1. The molecule has 0 unspecified atom stereocenters. The molecule has 0 saturated carbocycles. The van der Waals surface area contributed by atoms with Gasteiger partial charge in [0.15, 0.2) is 6.10 Å². The first-order valence-electron chi connectivity index (χ1n) is 7.50. The van der Waals surface area contributed by atoms with E-state index in [0.29, 0.717) is 17.7 Å². The number of hydrogen-bond acceptors (Lipinski definition) is 3. The maximum absolute atomic E-state index is 12.3. The third-order valence-electron chi connectivity index (χ3n) is 3.22. The molecule has 0 aliphatic rings. The van der Waals surface area contributed by atoms with Crippen LogP contribution < -0.4 is 0 Å². The van der Waals surface area contributed by atoms with Crippen molar-refractivity contribution < 1.29 is 14.3 Å². The van der Waals surface area contributed by atoms with Crippen molar-refractivity contribution in [3.05, 3.63) is 96.3 Å². The minimum absolute atomic E-state index is 0.384. The van der Waals surface area contributed by atoms with Gasteiger partial charge in [-0.05, 0) is 36.3 Å². The minimum atomic E-state index is -0.555. The molecule has 2 rings (SSSR count). The van der Waals surface area contributed by atoms with Gasteiger partial charge in [-0.25, -0.2) is 4.79 Å². The third kappa shape index (κ3) is 4.85. The number of rotatable bonds is 7. The number of ether oxygens (including phenoxy) is 2. The van der Waals surface area contributed by atoms with Crippen molar-refractivity contribution in [2.75, 3.05) is 6.61 Å². The predicted molar refractivity (Wildman–Crippen MR) is 90.9 cm³/mol. The molecule has 3 nitrogen and oxygen atoms in total. The quantitative estimate of drug-likeness (QED) is 0.423. The Bertz CT molecular complexity index is 660. The molecule has 0 fully saturated rings. The van der Waals surface area contributed by atoms with Crippen LogP contribution in [0.1, 0.15) is 28.9 Å². The zero-order chi connectivity index (χ0) is 16.5. The standard InChI is InChI=1S/C20H20O3/c1-3-22-15-14-16(2)19(17-10-6-4-7-11-17)23-20(21)18-12-8-5-9-13-18/h4-15,19H,2-3H2,1H3/b15-14+/t19-/m1/s1. The maximum Gasteiger partial charge on any atom is 0.339 e. The summed E-state index contributed by atoms with van der Waals surface area (Å²) in [4.78, 5) is 12.3. The van der Waals surface area contributed by atoms with E-state index in [9.17, 15) is 4.79 Å². The fraction of sp³-hybridized carbons (Fsp3) is 0.150. The molecule has 0 radical (unpaired) electrons. The van der Waals surface area contributed by atoms with E-state index in [1.54, 1.807) is 36.6 Å². The van der Waals surface area contributed by atoms with Gasteiger partial charge in [0.1, 0.15) is 0 Å². The lowest BCUT2D eigenvalue weighted by Gasteiger charge is -2.19. The average molecular weight is 308 g/mol. The summed E-state index contributed by atoms with van der Waals surface area (Å²) in [6, 6.07) is 18.4. The molecule has 0 amide bonds. The molecule has 0 aliphatic carbocycles. The molecular weight excluding hydrogens is 288 g/mol. The Morgan fingerprint density at radius 1 is 1.09 bits per heavy atom. The van der Waals surface area contributed by atoms with Gasteiger partial charge in [0.05, 0.1) is 18.4 Å². The van der Waals surface area contributed by atoms with Crippen LogP contribution in [0.4, 0.5) is 0 Å². The average Bonchev–Trinajstić information content (AvgIpc) is 2.61. The molecule has 0 N–H and O–H groups in total. The highest BCUT2D eigenvalue weighted by Crippen LogP contribution is 2.26. The molecule has 23 heavy (non-hydrogen) atoms. The van der Waals surface area contributed by atoms with Crippen molar-refractivity contribution in [2.24, 2.45) is 0 Å². The Labute approximate surface area is 136 Å². The normalized spacial score (nSPS) is 11.9. The van der Waals surface area contributed by atoms with Crippen LogP contribution >= 0.6 is 0 Å². The Balaban J connectivity index is 2.20. The molecule has 2 aromatic carbocycles. The summed E-state index contributed by atoms with van der Waals surface area (Å²) >= 11 is 0. The van der Waals surface area contributed by atoms with E-state index < -0.39 is 6.10 Å². The number of hydrogen-bond donors (Lipinski definition) is 0. The first kappa shape index (κ1) is 16.6. The molecule has 0 aromatic heterocycles. The van der Waals surface area contributed by atoms with Crippen LogP contribution in [0, 0.1) is 0 Å². The van der Waals surface area contributed by atoms with E-state index in [-0.39, 0.29) is 5.97 Å². The van der Waals surface area contributed by atoms with Crippen molar-refractivity contribution in [3.63, 3.8) is 0 Å².